The van der Waals surface area contributed by atoms with Gasteiger partial charge in [0.25, 0.3) is 0 Å². The molecule has 1 aliphatic heterocycles. The van der Waals surface area contributed by atoms with Crippen LogP contribution in [0.15, 0.2) is 0 Å². The number of carboxylic acid groups (broad SMARTS) is 1. The fourth-order valence-corrected chi connectivity index (χ4v) is 4.33. The Bertz CT molecular complexity index is 292. The maximum absolute atomic E-state index is 10.8. The molecule has 1 saturated heterocycles. The number of nitrogens with zero attached hydrogens (tertiary/aromatic N) is 1. The van der Waals surface area contributed by atoms with Crippen molar-refractivity contribution >= 4 is 5.97 Å². The number of carboxylic acids is 1. The summed E-state index contributed by atoms with van der Waals surface area (Å²) >= 11 is 0. The summed E-state index contributed by atoms with van der Waals surface area (Å²) in [6, 6.07) is 1.06. The number of likely N-dealkylation sites (tertiary alicyclic amines) is 1. The van der Waals surface area contributed by atoms with E-state index < -0.39 is 5.97 Å². The molecule has 3 heteroatoms. The van der Waals surface area contributed by atoms with Gasteiger partial charge >= 0.3 is 5.97 Å². The Labute approximate surface area is 96.8 Å². The molecule has 0 radical (unpaired) electrons. The van der Waals surface area contributed by atoms with E-state index in [-0.39, 0.29) is 0 Å². The van der Waals surface area contributed by atoms with Crippen molar-refractivity contribution in [1.29, 1.82) is 0 Å². The van der Waals surface area contributed by atoms with Gasteiger partial charge in [0.2, 0.25) is 0 Å². The molecule has 4 atom stereocenters. The van der Waals surface area contributed by atoms with E-state index in [1.807, 2.05) is 0 Å². The van der Waals surface area contributed by atoms with Gasteiger partial charge in [0.15, 0.2) is 0 Å². The number of hydrogen-bond acceptors (Lipinski definition) is 2. The third-order valence-corrected chi connectivity index (χ3v) is 4.96. The standard InChI is InChI=1S/C13H21NO2/c15-13(16)8-11-2-1-5-14(11)12-7-9-3-4-10(12)6-9/h9-12H,1-8H2,(H,15,16). The molecule has 3 aliphatic rings. The van der Waals surface area contributed by atoms with Crippen LogP contribution in [-0.2, 0) is 4.79 Å². The van der Waals surface area contributed by atoms with E-state index >= 15 is 0 Å². The molecule has 1 heterocycles. The van der Waals surface area contributed by atoms with E-state index in [0.717, 1.165) is 30.8 Å². The average molecular weight is 223 g/mol. The molecule has 2 saturated carbocycles. The molecule has 3 fully saturated rings. The summed E-state index contributed by atoms with van der Waals surface area (Å²) in [7, 11) is 0. The zero-order valence-electron chi connectivity index (χ0n) is 9.77. The van der Waals surface area contributed by atoms with Crippen LogP contribution >= 0.6 is 0 Å². The summed E-state index contributed by atoms with van der Waals surface area (Å²) in [5.74, 6) is 1.22. The minimum absolute atomic E-state index is 0.335. The topological polar surface area (TPSA) is 40.5 Å². The van der Waals surface area contributed by atoms with E-state index in [0.29, 0.717) is 12.5 Å². The van der Waals surface area contributed by atoms with Crippen molar-refractivity contribution in [2.75, 3.05) is 6.54 Å². The van der Waals surface area contributed by atoms with Crippen molar-refractivity contribution in [3.05, 3.63) is 0 Å². The van der Waals surface area contributed by atoms with E-state index in [4.69, 9.17) is 5.11 Å². The van der Waals surface area contributed by atoms with Gasteiger partial charge in [0.05, 0.1) is 6.42 Å². The number of carbonyl (C=O) groups is 1. The first kappa shape index (κ1) is 10.6. The molecule has 16 heavy (non-hydrogen) atoms. The maximum atomic E-state index is 10.8. The van der Waals surface area contributed by atoms with Crippen LogP contribution in [0.25, 0.3) is 0 Å². The van der Waals surface area contributed by atoms with Gasteiger partial charge in [-0.05, 0) is 50.5 Å². The Morgan fingerprint density at radius 2 is 2.12 bits per heavy atom. The van der Waals surface area contributed by atoms with Crippen molar-refractivity contribution in [2.45, 2.75) is 57.0 Å². The summed E-state index contributed by atoms with van der Waals surface area (Å²) in [4.78, 5) is 13.4. The highest BCUT2D eigenvalue weighted by Gasteiger charge is 2.45. The highest BCUT2D eigenvalue weighted by Crippen LogP contribution is 2.48. The predicted octanol–water partition coefficient (Wildman–Crippen LogP) is 2.11. The third kappa shape index (κ3) is 1.75. The lowest BCUT2D eigenvalue weighted by molar-refractivity contribution is -0.138. The summed E-state index contributed by atoms with van der Waals surface area (Å²) in [6.45, 7) is 1.14. The molecule has 2 bridgehead atoms. The maximum Gasteiger partial charge on any atom is 0.304 e. The lowest BCUT2D eigenvalue weighted by Gasteiger charge is -2.35. The zero-order valence-corrected chi connectivity index (χ0v) is 9.77. The molecule has 2 aliphatic carbocycles. The van der Waals surface area contributed by atoms with Gasteiger partial charge in [-0.2, -0.15) is 0 Å². The van der Waals surface area contributed by atoms with Crippen LogP contribution in [0, 0.1) is 11.8 Å². The molecular weight excluding hydrogens is 202 g/mol. The fourth-order valence-electron chi connectivity index (χ4n) is 4.33. The lowest BCUT2D eigenvalue weighted by atomic mass is 9.93. The van der Waals surface area contributed by atoms with Crippen LogP contribution in [0.1, 0.15) is 44.9 Å². The molecule has 3 nitrogen and oxygen atoms in total. The van der Waals surface area contributed by atoms with Gasteiger partial charge in [-0.3, -0.25) is 9.69 Å². The SMILES string of the molecule is O=C(O)CC1CCCN1C1CC2CCC1C2. The molecule has 90 valence electrons. The summed E-state index contributed by atoms with van der Waals surface area (Å²) < 4.78 is 0. The molecule has 3 rings (SSSR count). The zero-order chi connectivity index (χ0) is 11.1. The Balaban J connectivity index is 1.67. The van der Waals surface area contributed by atoms with Crippen LogP contribution in [0.4, 0.5) is 0 Å². The molecular formula is C13H21NO2. The quantitative estimate of drug-likeness (QED) is 0.796. The molecule has 0 amide bonds. The first-order valence-electron chi connectivity index (χ1n) is 6.71. The Morgan fingerprint density at radius 1 is 1.25 bits per heavy atom. The summed E-state index contributed by atoms with van der Waals surface area (Å²) in [5, 5.41) is 8.94. The molecule has 0 aromatic heterocycles. The Morgan fingerprint density at radius 3 is 2.75 bits per heavy atom. The van der Waals surface area contributed by atoms with Gasteiger partial charge in [-0.1, -0.05) is 6.42 Å². The van der Waals surface area contributed by atoms with E-state index in [9.17, 15) is 4.79 Å². The Hall–Kier alpha value is -0.570. The largest absolute Gasteiger partial charge is 0.481 e. The number of fused-ring (bicyclic) bond motifs is 2. The van der Waals surface area contributed by atoms with Crippen LogP contribution in [0.5, 0.6) is 0 Å². The van der Waals surface area contributed by atoms with Crippen molar-refractivity contribution < 1.29 is 9.90 Å². The molecule has 0 spiro atoms. The molecule has 4 unspecified atom stereocenters. The van der Waals surface area contributed by atoms with E-state index in [1.165, 1.54) is 32.1 Å². The highest BCUT2D eigenvalue weighted by atomic mass is 16.4. The first-order chi connectivity index (χ1) is 7.74. The van der Waals surface area contributed by atoms with Gasteiger partial charge in [-0.15, -0.1) is 0 Å². The second kappa shape index (κ2) is 4.02. The predicted molar refractivity (Wildman–Crippen MR) is 61.2 cm³/mol. The summed E-state index contributed by atoms with van der Waals surface area (Å²) in [5.41, 5.74) is 0. The minimum atomic E-state index is -0.625. The van der Waals surface area contributed by atoms with Crippen molar-refractivity contribution in [2.24, 2.45) is 11.8 Å². The Kier molecular flexibility index (Phi) is 2.66. The smallest absolute Gasteiger partial charge is 0.304 e. The second-order valence-electron chi connectivity index (χ2n) is 5.87. The van der Waals surface area contributed by atoms with Gasteiger partial charge < -0.3 is 5.11 Å². The van der Waals surface area contributed by atoms with Gasteiger partial charge in [-0.25, -0.2) is 0 Å². The number of aliphatic carboxylic acids is 1. The lowest BCUT2D eigenvalue weighted by Crippen LogP contribution is -2.42. The minimum Gasteiger partial charge on any atom is -0.481 e. The molecule has 1 N–H and O–H groups in total. The van der Waals surface area contributed by atoms with Gasteiger partial charge in [0, 0.05) is 12.1 Å². The first-order valence-corrected chi connectivity index (χ1v) is 6.71. The number of rotatable bonds is 3. The highest BCUT2D eigenvalue weighted by molar-refractivity contribution is 5.67. The average Bonchev–Trinajstić information content (AvgIpc) is 2.89. The second-order valence-corrected chi connectivity index (χ2v) is 5.87. The van der Waals surface area contributed by atoms with Crippen LogP contribution in [0.3, 0.4) is 0 Å². The van der Waals surface area contributed by atoms with Crippen molar-refractivity contribution in [3.63, 3.8) is 0 Å². The fraction of sp³-hybridized carbons (Fsp3) is 0.923. The molecule has 0 aromatic carbocycles. The van der Waals surface area contributed by atoms with Gasteiger partial charge in [0.1, 0.15) is 0 Å². The monoisotopic (exact) mass is 223 g/mol. The van der Waals surface area contributed by atoms with E-state index in [2.05, 4.69) is 4.90 Å². The number of hydrogen-bond donors (Lipinski definition) is 1. The normalized spacial score (nSPS) is 43.0. The van der Waals surface area contributed by atoms with Crippen molar-refractivity contribution in [3.8, 4) is 0 Å². The van der Waals surface area contributed by atoms with E-state index in [1.54, 1.807) is 0 Å². The third-order valence-electron chi connectivity index (χ3n) is 4.96. The summed E-state index contributed by atoms with van der Waals surface area (Å²) in [6.07, 6.45) is 8.24. The van der Waals surface area contributed by atoms with Crippen LogP contribution in [-0.4, -0.2) is 34.6 Å². The molecule has 0 aromatic rings. The van der Waals surface area contributed by atoms with Crippen molar-refractivity contribution in [1.82, 2.24) is 4.90 Å². The van der Waals surface area contributed by atoms with Crippen LogP contribution < -0.4 is 0 Å². The van der Waals surface area contributed by atoms with Crippen LogP contribution in [0.2, 0.25) is 0 Å².